The number of nitrogens with one attached hydrogen (secondary N) is 1. The zero-order chi connectivity index (χ0) is 16.1. The van der Waals surface area contributed by atoms with Gasteiger partial charge in [0.2, 0.25) is 0 Å². The van der Waals surface area contributed by atoms with Gasteiger partial charge in [0, 0.05) is 53.5 Å². The zero-order valence-electron chi connectivity index (χ0n) is 13.3. The molecule has 2 aromatic rings. The van der Waals surface area contributed by atoms with Gasteiger partial charge in [0.25, 0.3) is 0 Å². The molecule has 0 bridgehead atoms. The van der Waals surface area contributed by atoms with Gasteiger partial charge in [-0.25, -0.2) is 0 Å². The minimum Gasteiger partial charge on any atom is -0.372 e. The first kappa shape index (κ1) is 16.3. The Hall–Kier alpha value is -1.56. The van der Waals surface area contributed by atoms with Crippen molar-refractivity contribution in [1.29, 1.82) is 0 Å². The maximum atomic E-state index is 11.4. The van der Waals surface area contributed by atoms with Crippen LogP contribution in [0.5, 0.6) is 0 Å². The minimum absolute atomic E-state index is 0.0779. The SMILES string of the molecule is C[S@](=O)c1ccc(CN[C@H]2CCCO[C@@H]2c2ccncc2)cc1. The number of benzene rings is 1. The molecule has 1 aliphatic rings. The Morgan fingerprint density at radius 1 is 1.22 bits per heavy atom. The Balaban J connectivity index is 1.64. The number of pyridine rings is 1. The number of aromatic nitrogens is 1. The summed E-state index contributed by atoms with van der Waals surface area (Å²) in [6.45, 7) is 1.59. The van der Waals surface area contributed by atoms with E-state index in [2.05, 4.69) is 10.3 Å². The van der Waals surface area contributed by atoms with Crippen molar-refractivity contribution >= 4 is 10.8 Å². The van der Waals surface area contributed by atoms with Crippen molar-refractivity contribution in [3.8, 4) is 0 Å². The van der Waals surface area contributed by atoms with Crippen molar-refractivity contribution in [2.45, 2.75) is 36.4 Å². The molecule has 0 amide bonds. The van der Waals surface area contributed by atoms with Crippen molar-refractivity contribution in [2.75, 3.05) is 12.9 Å². The quantitative estimate of drug-likeness (QED) is 0.916. The summed E-state index contributed by atoms with van der Waals surface area (Å²) < 4.78 is 17.4. The van der Waals surface area contributed by atoms with Crippen LogP contribution in [0.25, 0.3) is 0 Å². The molecule has 122 valence electrons. The molecule has 0 spiro atoms. The predicted molar refractivity (Wildman–Crippen MR) is 91.6 cm³/mol. The average molecular weight is 330 g/mol. The number of ether oxygens (including phenoxy) is 1. The summed E-state index contributed by atoms with van der Waals surface area (Å²) in [7, 11) is -0.922. The fourth-order valence-corrected chi connectivity index (χ4v) is 3.44. The maximum Gasteiger partial charge on any atom is 0.0978 e. The lowest BCUT2D eigenvalue weighted by molar-refractivity contribution is -0.0112. The molecule has 3 rings (SSSR count). The fraction of sp³-hybridized carbons (Fsp3) is 0.389. The lowest BCUT2D eigenvalue weighted by Crippen LogP contribution is -2.39. The number of rotatable bonds is 5. The van der Waals surface area contributed by atoms with E-state index >= 15 is 0 Å². The van der Waals surface area contributed by atoms with Gasteiger partial charge < -0.3 is 10.1 Å². The summed E-state index contributed by atoms with van der Waals surface area (Å²) in [5.74, 6) is 0. The van der Waals surface area contributed by atoms with Crippen molar-refractivity contribution in [2.24, 2.45) is 0 Å². The second-order valence-electron chi connectivity index (χ2n) is 5.80. The molecule has 1 N–H and O–H groups in total. The van der Waals surface area contributed by atoms with Gasteiger partial charge in [-0.3, -0.25) is 9.19 Å². The Morgan fingerprint density at radius 3 is 2.65 bits per heavy atom. The van der Waals surface area contributed by atoms with Gasteiger partial charge in [0.15, 0.2) is 0 Å². The van der Waals surface area contributed by atoms with Crippen LogP contribution in [-0.2, 0) is 22.1 Å². The Labute approximate surface area is 139 Å². The average Bonchev–Trinajstić information content (AvgIpc) is 2.61. The molecular weight excluding hydrogens is 308 g/mol. The Bertz CT molecular complexity index is 646. The van der Waals surface area contributed by atoms with Crippen LogP contribution < -0.4 is 5.32 Å². The van der Waals surface area contributed by atoms with Gasteiger partial charge in [0.05, 0.1) is 6.10 Å². The molecule has 1 aromatic carbocycles. The zero-order valence-corrected chi connectivity index (χ0v) is 14.1. The van der Waals surface area contributed by atoms with Crippen molar-refractivity contribution in [3.63, 3.8) is 0 Å². The monoisotopic (exact) mass is 330 g/mol. The highest BCUT2D eigenvalue weighted by Crippen LogP contribution is 2.28. The first-order chi connectivity index (χ1) is 11.2. The van der Waals surface area contributed by atoms with Crippen molar-refractivity contribution in [3.05, 3.63) is 59.9 Å². The highest BCUT2D eigenvalue weighted by atomic mass is 32.2. The Kier molecular flexibility index (Phi) is 5.54. The Morgan fingerprint density at radius 2 is 1.96 bits per heavy atom. The van der Waals surface area contributed by atoms with Crippen molar-refractivity contribution in [1.82, 2.24) is 10.3 Å². The van der Waals surface area contributed by atoms with Crippen LogP contribution in [0.1, 0.15) is 30.1 Å². The smallest absolute Gasteiger partial charge is 0.0978 e. The van der Waals surface area contributed by atoms with Gasteiger partial charge in [-0.2, -0.15) is 0 Å². The van der Waals surface area contributed by atoms with Crippen molar-refractivity contribution < 1.29 is 8.95 Å². The van der Waals surface area contributed by atoms with E-state index in [4.69, 9.17) is 4.74 Å². The van der Waals surface area contributed by atoms with E-state index in [9.17, 15) is 4.21 Å². The highest BCUT2D eigenvalue weighted by Gasteiger charge is 2.26. The predicted octanol–water partition coefficient (Wildman–Crippen LogP) is 2.83. The molecular formula is C18H22N2O2S. The lowest BCUT2D eigenvalue weighted by Gasteiger charge is -2.33. The third kappa shape index (κ3) is 4.25. The van der Waals surface area contributed by atoms with Gasteiger partial charge >= 0.3 is 0 Å². The molecule has 0 saturated carbocycles. The molecule has 23 heavy (non-hydrogen) atoms. The lowest BCUT2D eigenvalue weighted by atomic mass is 9.96. The normalized spacial score (nSPS) is 22.7. The summed E-state index contributed by atoms with van der Waals surface area (Å²) in [6.07, 6.45) is 7.58. The third-order valence-electron chi connectivity index (χ3n) is 4.18. The van der Waals surface area contributed by atoms with Gasteiger partial charge in [-0.1, -0.05) is 12.1 Å². The number of hydrogen-bond acceptors (Lipinski definition) is 4. The van der Waals surface area contributed by atoms with E-state index in [-0.39, 0.29) is 6.10 Å². The second-order valence-corrected chi connectivity index (χ2v) is 7.18. The summed E-state index contributed by atoms with van der Waals surface area (Å²) in [6, 6.07) is 12.3. The van der Waals surface area contributed by atoms with Crippen LogP contribution >= 0.6 is 0 Å². The standard InChI is InChI=1S/C18H22N2O2S/c1-23(21)16-6-4-14(5-7-16)13-20-17-3-2-12-22-18(17)15-8-10-19-11-9-15/h4-11,17-18,20H,2-3,12-13H2,1H3/t17-,18+,23-/m0/s1. The van der Waals surface area contributed by atoms with E-state index in [1.165, 1.54) is 11.1 Å². The van der Waals surface area contributed by atoms with Crippen LogP contribution in [0.4, 0.5) is 0 Å². The van der Waals surface area contributed by atoms with Crippen LogP contribution in [0, 0.1) is 0 Å². The topological polar surface area (TPSA) is 51.2 Å². The molecule has 1 aromatic heterocycles. The maximum absolute atomic E-state index is 11.4. The van der Waals surface area contributed by atoms with E-state index in [1.54, 1.807) is 6.26 Å². The molecule has 5 heteroatoms. The molecule has 0 aliphatic carbocycles. The molecule has 1 fully saturated rings. The van der Waals surface area contributed by atoms with Crippen LogP contribution in [0.15, 0.2) is 53.7 Å². The molecule has 4 nitrogen and oxygen atoms in total. The molecule has 1 saturated heterocycles. The van der Waals surface area contributed by atoms with Crippen LogP contribution in [0.3, 0.4) is 0 Å². The molecule has 3 atom stereocenters. The van der Waals surface area contributed by atoms with Gasteiger partial charge in [0.1, 0.15) is 0 Å². The third-order valence-corrected chi connectivity index (χ3v) is 5.12. The fourth-order valence-electron chi connectivity index (χ4n) is 2.92. The second kappa shape index (κ2) is 7.81. The first-order valence-corrected chi connectivity index (χ1v) is 9.47. The summed E-state index contributed by atoms with van der Waals surface area (Å²) in [5, 5.41) is 3.61. The summed E-state index contributed by atoms with van der Waals surface area (Å²) in [5.41, 5.74) is 2.37. The van der Waals surface area contributed by atoms with Crippen LogP contribution in [0.2, 0.25) is 0 Å². The van der Waals surface area contributed by atoms with Gasteiger partial charge in [-0.05, 0) is 48.2 Å². The number of hydrogen-bond donors (Lipinski definition) is 1. The largest absolute Gasteiger partial charge is 0.372 e. The first-order valence-electron chi connectivity index (χ1n) is 7.91. The van der Waals surface area contributed by atoms with E-state index in [0.717, 1.165) is 30.9 Å². The highest BCUT2D eigenvalue weighted by molar-refractivity contribution is 7.84. The molecule has 0 unspecified atom stereocenters. The molecule has 0 radical (unpaired) electrons. The van der Waals surface area contributed by atoms with Crippen LogP contribution in [-0.4, -0.2) is 28.1 Å². The van der Waals surface area contributed by atoms with E-state index in [0.29, 0.717) is 6.04 Å². The van der Waals surface area contributed by atoms with E-state index in [1.807, 2.05) is 48.8 Å². The molecule has 2 heterocycles. The van der Waals surface area contributed by atoms with Gasteiger partial charge in [-0.15, -0.1) is 0 Å². The molecule has 1 aliphatic heterocycles. The summed E-state index contributed by atoms with van der Waals surface area (Å²) >= 11 is 0. The minimum atomic E-state index is -0.922. The van der Waals surface area contributed by atoms with E-state index < -0.39 is 10.8 Å². The summed E-state index contributed by atoms with van der Waals surface area (Å²) in [4.78, 5) is 4.95. The number of nitrogens with zero attached hydrogens (tertiary/aromatic N) is 1.